The summed E-state index contributed by atoms with van der Waals surface area (Å²) in [5, 5.41) is 0. The predicted molar refractivity (Wildman–Crippen MR) is 63.0 cm³/mol. The van der Waals surface area contributed by atoms with E-state index in [1.807, 2.05) is 0 Å². The summed E-state index contributed by atoms with van der Waals surface area (Å²) in [7, 11) is 0. The molecule has 0 spiro atoms. The van der Waals surface area contributed by atoms with Gasteiger partial charge in [-0.2, -0.15) is 0 Å². The van der Waals surface area contributed by atoms with E-state index < -0.39 is 0 Å². The van der Waals surface area contributed by atoms with Gasteiger partial charge in [0.25, 0.3) is 0 Å². The van der Waals surface area contributed by atoms with E-state index in [9.17, 15) is 9.18 Å². The molecule has 2 rings (SSSR count). The van der Waals surface area contributed by atoms with Crippen molar-refractivity contribution >= 4 is 6.29 Å². The van der Waals surface area contributed by atoms with Crippen molar-refractivity contribution in [3.8, 4) is 11.5 Å². The van der Waals surface area contributed by atoms with Crippen LogP contribution in [-0.4, -0.2) is 6.29 Å². The molecule has 0 unspecified atom stereocenters. The van der Waals surface area contributed by atoms with Crippen molar-refractivity contribution in [1.82, 2.24) is 0 Å². The number of aldehydes is 1. The molecule has 2 aromatic rings. The quantitative estimate of drug-likeness (QED) is 0.751. The fraction of sp³-hybridized carbons (Fsp3) is 0.0714. The van der Waals surface area contributed by atoms with Gasteiger partial charge in [0.05, 0.1) is 0 Å². The van der Waals surface area contributed by atoms with Crippen LogP contribution >= 0.6 is 0 Å². The van der Waals surface area contributed by atoms with Crippen LogP contribution in [-0.2, 0) is 0 Å². The molecular weight excluding hydrogens is 219 g/mol. The summed E-state index contributed by atoms with van der Waals surface area (Å²) in [5.41, 5.74) is 1.25. The second-order valence-corrected chi connectivity index (χ2v) is 3.70. The number of aryl methyl sites for hydroxylation is 1. The van der Waals surface area contributed by atoms with Gasteiger partial charge >= 0.3 is 0 Å². The second-order valence-electron chi connectivity index (χ2n) is 3.70. The van der Waals surface area contributed by atoms with Crippen molar-refractivity contribution in [1.29, 1.82) is 0 Å². The van der Waals surface area contributed by atoms with Crippen molar-refractivity contribution in [2.45, 2.75) is 6.92 Å². The third-order valence-corrected chi connectivity index (χ3v) is 2.36. The van der Waals surface area contributed by atoms with E-state index in [4.69, 9.17) is 4.74 Å². The fourth-order valence-corrected chi connectivity index (χ4v) is 1.51. The number of hydrogen-bond acceptors (Lipinski definition) is 2. The lowest BCUT2D eigenvalue weighted by Crippen LogP contribution is -1.89. The molecule has 0 bridgehead atoms. The molecule has 0 aliphatic heterocycles. The number of halogens is 1. The topological polar surface area (TPSA) is 26.3 Å². The lowest BCUT2D eigenvalue weighted by atomic mass is 10.2. The Morgan fingerprint density at radius 3 is 2.71 bits per heavy atom. The molecule has 86 valence electrons. The average Bonchev–Trinajstić information content (AvgIpc) is 2.33. The van der Waals surface area contributed by atoms with Crippen LogP contribution in [0.4, 0.5) is 4.39 Å². The largest absolute Gasteiger partial charge is 0.457 e. The Morgan fingerprint density at radius 1 is 1.18 bits per heavy atom. The first-order valence-corrected chi connectivity index (χ1v) is 5.18. The first-order valence-electron chi connectivity index (χ1n) is 5.18. The van der Waals surface area contributed by atoms with Crippen LogP contribution in [0.3, 0.4) is 0 Å². The third kappa shape index (κ3) is 2.69. The Bertz CT molecular complexity index is 550. The highest BCUT2D eigenvalue weighted by molar-refractivity contribution is 5.75. The van der Waals surface area contributed by atoms with Crippen LogP contribution < -0.4 is 4.74 Å². The van der Waals surface area contributed by atoms with Gasteiger partial charge in [-0.15, -0.1) is 0 Å². The maximum atomic E-state index is 12.9. The van der Waals surface area contributed by atoms with Gasteiger partial charge in [0, 0.05) is 5.56 Å². The van der Waals surface area contributed by atoms with Crippen LogP contribution in [0.5, 0.6) is 11.5 Å². The van der Waals surface area contributed by atoms with Gasteiger partial charge in [-0.3, -0.25) is 4.79 Å². The van der Waals surface area contributed by atoms with E-state index in [2.05, 4.69) is 0 Å². The molecule has 0 fully saturated rings. The summed E-state index contributed by atoms with van der Waals surface area (Å²) in [6.07, 6.45) is 0.754. The van der Waals surface area contributed by atoms with Crippen LogP contribution in [0.1, 0.15) is 15.9 Å². The number of benzene rings is 2. The summed E-state index contributed by atoms with van der Waals surface area (Å²) < 4.78 is 18.5. The molecule has 0 amide bonds. The zero-order valence-corrected chi connectivity index (χ0v) is 9.31. The normalized spacial score (nSPS) is 10.0. The van der Waals surface area contributed by atoms with E-state index in [1.54, 1.807) is 37.3 Å². The molecular formula is C14H11FO2. The molecule has 17 heavy (non-hydrogen) atoms. The van der Waals surface area contributed by atoms with Gasteiger partial charge in [-0.25, -0.2) is 4.39 Å². The molecule has 0 aromatic heterocycles. The summed E-state index contributed by atoms with van der Waals surface area (Å²) in [6, 6.07) is 11.1. The Morgan fingerprint density at radius 2 is 2.00 bits per heavy atom. The summed E-state index contributed by atoms with van der Waals surface area (Å²) >= 11 is 0. The first-order chi connectivity index (χ1) is 8.19. The maximum absolute atomic E-state index is 12.9. The standard InChI is InChI=1S/C14H11FO2/c1-10-7-12(15)5-6-14(10)17-13-4-2-3-11(8-13)9-16/h2-9H,1H3. The highest BCUT2D eigenvalue weighted by Crippen LogP contribution is 2.25. The van der Waals surface area contributed by atoms with E-state index in [0.717, 1.165) is 6.29 Å². The summed E-state index contributed by atoms with van der Waals surface area (Å²) in [6.45, 7) is 1.77. The maximum Gasteiger partial charge on any atom is 0.150 e. The number of carbonyl (C=O) groups excluding carboxylic acids is 1. The molecule has 3 heteroatoms. The Hall–Kier alpha value is -2.16. The molecule has 2 aromatic carbocycles. The smallest absolute Gasteiger partial charge is 0.150 e. The van der Waals surface area contributed by atoms with E-state index in [-0.39, 0.29) is 5.82 Å². The molecule has 0 N–H and O–H groups in total. The predicted octanol–water partition coefficient (Wildman–Crippen LogP) is 3.74. The average molecular weight is 230 g/mol. The minimum atomic E-state index is -0.295. The molecule has 0 atom stereocenters. The zero-order chi connectivity index (χ0) is 12.3. The molecule has 0 heterocycles. The molecule has 2 nitrogen and oxygen atoms in total. The Balaban J connectivity index is 2.27. The van der Waals surface area contributed by atoms with Gasteiger partial charge in [0.2, 0.25) is 0 Å². The van der Waals surface area contributed by atoms with E-state index >= 15 is 0 Å². The van der Waals surface area contributed by atoms with Crippen molar-refractivity contribution in [3.63, 3.8) is 0 Å². The van der Waals surface area contributed by atoms with Crippen molar-refractivity contribution in [2.75, 3.05) is 0 Å². The van der Waals surface area contributed by atoms with Gasteiger partial charge in [0.1, 0.15) is 23.6 Å². The van der Waals surface area contributed by atoms with E-state index in [1.165, 1.54) is 12.1 Å². The van der Waals surface area contributed by atoms with E-state index in [0.29, 0.717) is 22.6 Å². The lowest BCUT2D eigenvalue weighted by Gasteiger charge is -2.08. The molecule has 0 aliphatic carbocycles. The Kier molecular flexibility index (Phi) is 3.19. The molecule has 0 aliphatic rings. The SMILES string of the molecule is Cc1cc(F)ccc1Oc1cccc(C=O)c1. The molecule has 0 saturated heterocycles. The molecule has 0 radical (unpaired) electrons. The number of ether oxygens (including phenoxy) is 1. The fourth-order valence-electron chi connectivity index (χ4n) is 1.51. The number of rotatable bonds is 3. The number of hydrogen-bond donors (Lipinski definition) is 0. The Labute approximate surface area is 98.7 Å². The monoisotopic (exact) mass is 230 g/mol. The second kappa shape index (κ2) is 4.78. The van der Waals surface area contributed by atoms with Gasteiger partial charge in [0.15, 0.2) is 0 Å². The van der Waals surface area contributed by atoms with Crippen molar-refractivity contribution in [2.24, 2.45) is 0 Å². The van der Waals surface area contributed by atoms with Crippen molar-refractivity contribution < 1.29 is 13.9 Å². The molecule has 0 saturated carbocycles. The van der Waals surface area contributed by atoms with Crippen LogP contribution in [0.25, 0.3) is 0 Å². The summed E-state index contributed by atoms with van der Waals surface area (Å²) in [5.74, 6) is 0.843. The lowest BCUT2D eigenvalue weighted by molar-refractivity contribution is 0.112. The van der Waals surface area contributed by atoms with Crippen molar-refractivity contribution in [3.05, 3.63) is 59.4 Å². The zero-order valence-electron chi connectivity index (χ0n) is 9.31. The van der Waals surface area contributed by atoms with Crippen LogP contribution in [0, 0.1) is 12.7 Å². The highest BCUT2D eigenvalue weighted by atomic mass is 19.1. The third-order valence-electron chi connectivity index (χ3n) is 2.36. The van der Waals surface area contributed by atoms with Gasteiger partial charge in [-0.05, 0) is 42.8 Å². The van der Waals surface area contributed by atoms with Crippen LogP contribution in [0.15, 0.2) is 42.5 Å². The number of carbonyl (C=O) groups is 1. The van der Waals surface area contributed by atoms with Crippen LogP contribution in [0.2, 0.25) is 0 Å². The van der Waals surface area contributed by atoms with Gasteiger partial charge in [-0.1, -0.05) is 12.1 Å². The minimum Gasteiger partial charge on any atom is -0.457 e. The first kappa shape index (κ1) is 11.3. The highest BCUT2D eigenvalue weighted by Gasteiger charge is 2.03. The summed E-state index contributed by atoms with van der Waals surface area (Å²) in [4.78, 5) is 10.6. The minimum absolute atomic E-state index is 0.295. The van der Waals surface area contributed by atoms with Gasteiger partial charge < -0.3 is 4.74 Å².